The Morgan fingerprint density at radius 2 is 2.22 bits per heavy atom. The zero-order chi connectivity index (χ0) is 16.7. The second-order valence-electron chi connectivity index (χ2n) is 5.61. The lowest BCUT2D eigenvalue weighted by molar-refractivity contribution is -0.144. The van der Waals surface area contributed by atoms with Crippen molar-refractivity contribution in [1.29, 1.82) is 0 Å². The van der Waals surface area contributed by atoms with Crippen LogP contribution in [0.5, 0.6) is 0 Å². The number of hydrogen-bond acceptors (Lipinski definition) is 6. The zero-order valence-electron chi connectivity index (χ0n) is 14.0. The summed E-state index contributed by atoms with van der Waals surface area (Å²) < 4.78 is 9.60. The van der Waals surface area contributed by atoms with Crippen LogP contribution in [0.4, 0.5) is 0 Å². The summed E-state index contributed by atoms with van der Waals surface area (Å²) in [6, 6.07) is 1.89. The fourth-order valence-corrected chi connectivity index (χ4v) is 2.53. The van der Waals surface area contributed by atoms with Gasteiger partial charge in [0.25, 0.3) is 0 Å². The molecule has 1 N–H and O–H groups in total. The molecule has 0 aromatic carbocycles. The van der Waals surface area contributed by atoms with Crippen molar-refractivity contribution in [3.63, 3.8) is 0 Å². The minimum absolute atomic E-state index is 0.204. The number of esters is 1. The summed E-state index contributed by atoms with van der Waals surface area (Å²) >= 11 is 0. The van der Waals surface area contributed by atoms with Crippen LogP contribution in [-0.2, 0) is 16.1 Å². The largest absolute Gasteiger partial charge is 0.469 e. The Balaban J connectivity index is 1.77. The summed E-state index contributed by atoms with van der Waals surface area (Å²) in [5.74, 6) is 0.400. The molecule has 1 aromatic rings. The van der Waals surface area contributed by atoms with Gasteiger partial charge in [0.05, 0.1) is 18.7 Å². The molecule has 1 fully saturated rings. The number of rotatable bonds is 5. The van der Waals surface area contributed by atoms with Crippen molar-refractivity contribution in [3.05, 3.63) is 18.0 Å². The van der Waals surface area contributed by atoms with Crippen LogP contribution in [0, 0.1) is 5.92 Å². The highest BCUT2D eigenvalue weighted by molar-refractivity contribution is 5.81. The molecule has 128 valence electrons. The van der Waals surface area contributed by atoms with E-state index in [1.54, 1.807) is 13.3 Å². The van der Waals surface area contributed by atoms with Gasteiger partial charge in [-0.3, -0.25) is 14.7 Å². The quantitative estimate of drug-likeness (QED) is 0.470. The van der Waals surface area contributed by atoms with Gasteiger partial charge in [-0.1, -0.05) is 12.1 Å². The van der Waals surface area contributed by atoms with Crippen LogP contribution in [0.25, 0.3) is 0 Å². The molecule has 1 aliphatic rings. The van der Waals surface area contributed by atoms with Crippen molar-refractivity contribution in [2.24, 2.45) is 10.9 Å². The highest BCUT2D eigenvalue weighted by Gasteiger charge is 2.21. The molecule has 1 saturated heterocycles. The number of aliphatic imine (C=N–C) groups is 1. The second-order valence-corrected chi connectivity index (χ2v) is 5.61. The van der Waals surface area contributed by atoms with E-state index in [1.807, 2.05) is 13.0 Å². The van der Waals surface area contributed by atoms with Gasteiger partial charge < -0.3 is 19.5 Å². The van der Waals surface area contributed by atoms with Crippen LogP contribution >= 0.6 is 0 Å². The van der Waals surface area contributed by atoms with Gasteiger partial charge in [-0.25, -0.2) is 0 Å². The lowest BCUT2D eigenvalue weighted by Gasteiger charge is -2.36. The molecule has 1 atom stereocenters. The lowest BCUT2D eigenvalue weighted by atomic mass is 10.2. The minimum Gasteiger partial charge on any atom is -0.469 e. The number of aromatic nitrogens is 1. The van der Waals surface area contributed by atoms with Crippen LogP contribution < -0.4 is 5.32 Å². The van der Waals surface area contributed by atoms with E-state index in [9.17, 15) is 4.79 Å². The number of hydrogen-bond donors (Lipinski definition) is 1. The summed E-state index contributed by atoms with van der Waals surface area (Å²) in [6.07, 6.45) is 1.60. The van der Waals surface area contributed by atoms with E-state index in [0.29, 0.717) is 6.54 Å². The predicted octanol–water partition coefficient (Wildman–Crippen LogP) is 0.177. The Morgan fingerprint density at radius 1 is 1.48 bits per heavy atom. The SMILES string of the molecule is CN=C(NCC(C)C(=O)OC)N1CCN(Cc2ccon2)CC1. The van der Waals surface area contributed by atoms with E-state index in [-0.39, 0.29) is 11.9 Å². The van der Waals surface area contributed by atoms with Crippen molar-refractivity contribution in [1.82, 2.24) is 20.3 Å². The Hall–Kier alpha value is -2.09. The van der Waals surface area contributed by atoms with Gasteiger partial charge in [0, 0.05) is 52.4 Å². The average molecular weight is 323 g/mol. The summed E-state index contributed by atoms with van der Waals surface area (Å²) in [5.41, 5.74) is 0.952. The van der Waals surface area contributed by atoms with Crippen LogP contribution in [0.2, 0.25) is 0 Å². The van der Waals surface area contributed by atoms with Crippen LogP contribution in [0.15, 0.2) is 21.8 Å². The van der Waals surface area contributed by atoms with E-state index >= 15 is 0 Å². The predicted molar refractivity (Wildman–Crippen MR) is 85.9 cm³/mol. The molecule has 1 aliphatic heterocycles. The summed E-state index contributed by atoms with van der Waals surface area (Å²) in [6.45, 7) is 6.77. The van der Waals surface area contributed by atoms with Crippen molar-refractivity contribution in [3.8, 4) is 0 Å². The van der Waals surface area contributed by atoms with Gasteiger partial charge in [0.2, 0.25) is 0 Å². The third kappa shape index (κ3) is 4.95. The van der Waals surface area contributed by atoms with E-state index in [1.165, 1.54) is 7.11 Å². The molecule has 0 spiro atoms. The Kier molecular flexibility index (Phi) is 6.40. The molecule has 8 heteroatoms. The van der Waals surface area contributed by atoms with E-state index in [4.69, 9.17) is 9.26 Å². The van der Waals surface area contributed by atoms with Gasteiger partial charge in [-0.05, 0) is 0 Å². The summed E-state index contributed by atoms with van der Waals surface area (Å²) in [7, 11) is 3.16. The van der Waals surface area contributed by atoms with Gasteiger partial charge in [-0.2, -0.15) is 0 Å². The number of methoxy groups -OCH3 is 1. The molecule has 1 aromatic heterocycles. The molecule has 0 amide bonds. The number of ether oxygens (including phenoxy) is 1. The molecule has 0 radical (unpaired) electrons. The molecule has 1 unspecified atom stereocenters. The lowest BCUT2D eigenvalue weighted by Crippen LogP contribution is -2.52. The molecule has 2 heterocycles. The highest BCUT2D eigenvalue weighted by Crippen LogP contribution is 2.07. The van der Waals surface area contributed by atoms with Gasteiger partial charge in [0.1, 0.15) is 6.26 Å². The number of carbonyl (C=O) groups excluding carboxylic acids is 1. The van der Waals surface area contributed by atoms with E-state index in [0.717, 1.165) is 44.4 Å². The number of guanidine groups is 1. The third-order valence-electron chi connectivity index (χ3n) is 3.93. The normalized spacial score (nSPS) is 17.9. The van der Waals surface area contributed by atoms with Crippen LogP contribution in [-0.4, -0.2) is 73.8 Å². The van der Waals surface area contributed by atoms with Crippen molar-refractivity contribution in [2.75, 3.05) is 46.9 Å². The highest BCUT2D eigenvalue weighted by atomic mass is 16.5. The molecule has 0 aliphatic carbocycles. The number of nitrogens with zero attached hydrogens (tertiary/aromatic N) is 4. The molecule has 0 saturated carbocycles. The Labute approximate surface area is 136 Å². The topological polar surface area (TPSA) is 83.2 Å². The van der Waals surface area contributed by atoms with Crippen molar-refractivity contribution >= 4 is 11.9 Å². The number of nitrogens with one attached hydrogen (secondary N) is 1. The number of piperazine rings is 1. The smallest absolute Gasteiger partial charge is 0.310 e. The van der Waals surface area contributed by atoms with E-state index < -0.39 is 0 Å². The maximum Gasteiger partial charge on any atom is 0.310 e. The second kappa shape index (κ2) is 8.52. The molecule has 23 heavy (non-hydrogen) atoms. The van der Waals surface area contributed by atoms with Gasteiger partial charge in [-0.15, -0.1) is 0 Å². The van der Waals surface area contributed by atoms with Crippen molar-refractivity contribution in [2.45, 2.75) is 13.5 Å². The van der Waals surface area contributed by atoms with Crippen LogP contribution in [0.3, 0.4) is 0 Å². The Morgan fingerprint density at radius 3 is 2.78 bits per heavy atom. The van der Waals surface area contributed by atoms with E-state index in [2.05, 4.69) is 25.3 Å². The van der Waals surface area contributed by atoms with Gasteiger partial charge >= 0.3 is 5.97 Å². The molecule has 8 nitrogen and oxygen atoms in total. The van der Waals surface area contributed by atoms with Crippen molar-refractivity contribution < 1.29 is 14.1 Å². The summed E-state index contributed by atoms with van der Waals surface area (Å²) in [4.78, 5) is 20.3. The Bertz CT molecular complexity index is 509. The monoisotopic (exact) mass is 323 g/mol. The fraction of sp³-hybridized carbons (Fsp3) is 0.667. The average Bonchev–Trinajstić information content (AvgIpc) is 3.08. The summed E-state index contributed by atoms with van der Waals surface area (Å²) in [5, 5.41) is 7.19. The fourth-order valence-electron chi connectivity index (χ4n) is 2.53. The molecule has 2 rings (SSSR count). The third-order valence-corrected chi connectivity index (χ3v) is 3.93. The number of carbonyl (C=O) groups is 1. The maximum atomic E-state index is 11.4. The first kappa shape index (κ1) is 17.3. The molecular formula is C15H25N5O3. The van der Waals surface area contributed by atoms with Crippen LogP contribution in [0.1, 0.15) is 12.6 Å². The first-order valence-electron chi connectivity index (χ1n) is 7.79. The molecular weight excluding hydrogens is 298 g/mol. The molecule has 0 bridgehead atoms. The first-order valence-corrected chi connectivity index (χ1v) is 7.79. The van der Waals surface area contributed by atoms with Gasteiger partial charge in [0.15, 0.2) is 5.96 Å². The standard InChI is InChI=1S/C15H25N5O3/c1-12(14(21)22-3)10-17-15(16-2)20-7-5-19(6-8-20)11-13-4-9-23-18-13/h4,9,12H,5-8,10-11H2,1-3H3,(H,16,17). The zero-order valence-corrected chi connectivity index (χ0v) is 14.0. The first-order chi connectivity index (χ1) is 11.1. The minimum atomic E-state index is -0.217. The maximum absolute atomic E-state index is 11.4.